The summed E-state index contributed by atoms with van der Waals surface area (Å²) in [6.45, 7) is 0.473. The molecule has 0 radical (unpaired) electrons. The van der Waals surface area contributed by atoms with Gasteiger partial charge in [-0.25, -0.2) is 4.39 Å². The van der Waals surface area contributed by atoms with Crippen molar-refractivity contribution in [2.24, 2.45) is 0 Å². The number of carbonyl (C=O) groups is 1. The van der Waals surface area contributed by atoms with Crippen LogP contribution in [0.2, 0.25) is 0 Å². The van der Waals surface area contributed by atoms with Crippen LogP contribution in [0.4, 0.5) is 4.39 Å². The lowest BCUT2D eigenvalue weighted by Gasteiger charge is -2.08. The Hall–Kier alpha value is -2.40. The van der Waals surface area contributed by atoms with Gasteiger partial charge in [0, 0.05) is 6.54 Å². The fraction of sp³-hybridized carbons (Fsp3) is 0.235. The van der Waals surface area contributed by atoms with Crippen LogP contribution in [0.15, 0.2) is 48.5 Å². The maximum atomic E-state index is 13.0. The topological polar surface area (TPSA) is 58.6 Å². The van der Waals surface area contributed by atoms with E-state index in [0.29, 0.717) is 5.75 Å². The Kier molecular flexibility index (Phi) is 5.91. The molecule has 2 rings (SSSR count). The summed E-state index contributed by atoms with van der Waals surface area (Å²) < 4.78 is 18.6. The number of hydrogen-bond acceptors (Lipinski definition) is 3. The Labute approximate surface area is 128 Å². The smallest absolute Gasteiger partial charge is 0.224 e. The molecule has 0 heterocycles. The van der Waals surface area contributed by atoms with Crippen LogP contribution < -0.4 is 10.1 Å². The van der Waals surface area contributed by atoms with Crippen LogP contribution in [0, 0.1) is 5.82 Å². The van der Waals surface area contributed by atoms with Crippen molar-refractivity contribution in [3.63, 3.8) is 0 Å². The van der Waals surface area contributed by atoms with Crippen LogP contribution in [0.1, 0.15) is 11.1 Å². The van der Waals surface area contributed by atoms with E-state index in [9.17, 15) is 9.18 Å². The molecule has 0 aliphatic heterocycles. The molecule has 116 valence electrons. The van der Waals surface area contributed by atoms with Crippen molar-refractivity contribution >= 4 is 5.91 Å². The highest BCUT2D eigenvalue weighted by Gasteiger charge is 2.03. The van der Waals surface area contributed by atoms with Gasteiger partial charge in [0.05, 0.1) is 13.0 Å². The first-order valence-corrected chi connectivity index (χ1v) is 7.01. The number of aliphatic hydroxyl groups excluding tert-OH is 1. The Balaban J connectivity index is 1.85. The molecule has 1 amide bonds. The van der Waals surface area contributed by atoms with Gasteiger partial charge < -0.3 is 15.2 Å². The Morgan fingerprint density at radius 2 is 1.91 bits per heavy atom. The third-order valence-corrected chi connectivity index (χ3v) is 3.02. The molecule has 2 aromatic carbocycles. The van der Waals surface area contributed by atoms with Gasteiger partial charge in [0.15, 0.2) is 0 Å². The minimum Gasteiger partial charge on any atom is -0.489 e. The van der Waals surface area contributed by atoms with Crippen molar-refractivity contribution in [1.29, 1.82) is 0 Å². The van der Waals surface area contributed by atoms with Gasteiger partial charge in [-0.1, -0.05) is 24.3 Å². The van der Waals surface area contributed by atoms with Crippen LogP contribution in [0.25, 0.3) is 0 Å². The minimum absolute atomic E-state index is 0.0708. The number of nitrogens with one attached hydrogen (secondary N) is 1. The number of carbonyl (C=O) groups excluding carboxylic acids is 1. The number of benzene rings is 2. The van der Waals surface area contributed by atoms with Gasteiger partial charge in [0.1, 0.15) is 18.2 Å². The van der Waals surface area contributed by atoms with E-state index in [0.717, 1.165) is 11.1 Å². The first-order valence-electron chi connectivity index (χ1n) is 7.01. The molecule has 0 saturated carbocycles. The SMILES string of the molecule is O=C(Cc1ccc(OCc2cccc(F)c2)cc1)NCCO. The predicted octanol–water partition coefficient (Wildman–Crippen LogP) is 2.06. The highest BCUT2D eigenvalue weighted by Crippen LogP contribution is 2.15. The lowest BCUT2D eigenvalue weighted by molar-refractivity contribution is -0.120. The molecule has 0 bridgehead atoms. The lowest BCUT2D eigenvalue weighted by Crippen LogP contribution is -2.27. The van der Waals surface area contributed by atoms with Gasteiger partial charge >= 0.3 is 0 Å². The largest absolute Gasteiger partial charge is 0.489 e. The van der Waals surface area contributed by atoms with Crippen molar-refractivity contribution < 1.29 is 19.0 Å². The molecule has 0 spiro atoms. The summed E-state index contributed by atoms with van der Waals surface area (Å²) >= 11 is 0. The van der Waals surface area contributed by atoms with E-state index in [-0.39, 0.29) is 37.9 Å². The molecule has 4 nitrogen and oxygen atoms in total. The van der Waals surface area contributed by atoms with Crippen LogP contribution in [0.5, 0.6) is 5.75 Å². The molecule has 22 heavy (non-hydrogen) atoms. The van der Waals surface area contributed by atoms with Crippen LogP contribution in [-0.4, -0.2) is 24.2 Å². The maximum absolute atomic E-state index is 13.0. The average Bonchev–Trinajstić information content (AvgIpc) is 2.52. The Bertz CT molecular complexity index is 614. The number of hydrogen-bond donors (Lipinski definition) is 2. The first-order chi connectivity index (χ1) is 10.7. The molecule has 2 aromatic rings. The third-order valence-electron chi connectivity index (χ3n) is 3.02. The molecular weight excluding hydrogens is 285 g/mol. The van der Waals surface area contributed by atoms with E-state index in [4.69, 9.17) is 9.84 Å². The van der Waals surface area contributed by atoms with Crippen molar-refractivity contribution in [2.75, 3.05) is 13.2 Å². The molecule has 0 fully saturated rings. The minimum atomic E-state index is -0.287. The third kappa shape index (κ3) is 5.18. The summed E-state index contributed by atoms with van der Waals surface area (Å²) in [4.78, 5) is 11.5. The average molecular weight is 303 g/mol. The number of amides is 1. The van der Waals surface area contributed by atoms with Crippen molar-refractivity contribution in [2.45, 2.75) is 13.0 Å². The van der Waals surface area contributed by atoms with Gasteiger partial charge in [-0.3, -0.25) is 4.79 Å². The summed E-state index contributed by atoms with van der Waals surface area (Å²) in [6, 6.07) is 13.4. The molecule has 0 aromatic heterocycles. The Morgan fingerprint density at radius 3 is 2.59 bits per heavy atom. The fourth-order valence-electron chi connectivity index (χ4n) is 1.94. The van der Waals surface area contributed by atoms with E-state index in [1.54, 1.807) is 36.4 Å². The summed E-state index contributed by atoms with van der Waals surface area (Å²) in [5.74, 6) is 0.233. The zero-order valence-corrected chi connectivity index (χ0v) is 12.1. The second-order valence-corrected chi connectivity index (χ2v) is 4.81. The number of aliphatic hydroxyl groups is 1. The summed E-state index contributed by atoms with van der Waals surface area (Å²) in [6.07, 6.45) is 0.254. The molecule has 5 heteroatoms. The predicted molar refractivity (Wildman–Crippen MR) is 81.0 cm³/mol. The van der Waals surface area contributed by atoms with Crippen LogP contribution in [0.3, 0.4) is 0 Å². The molecule has 0 aliphatic carbocycles. The Morgan fingerprint density at radius 1 is 1.14 bits per heavy atom. The van der Waals surface area contributed by atoms with Crippen molar-refractivity contribution in [3.05, 3.63) is 65.5 Å². The summed E-state index contributed by atoms with van der Waals surface area (Å²) in [7, 11) is 0. The first kappa shape index (κ1) is 16.0. The van der Waals surface area contributed by atoms with E-state index < -0.39 is 0 Å². The van der Waals surface area contributed by atoms with Crippen molar-refractivity contribution in [3.8, 4) is 5.75 Å². The molecule has 0 unspecified atom stereocenters. The number of ether oxygens (including phenoxy) is 1. The summed E-state index contributed by atoms with van der Waals surface area (Å²) in [5.41, 5.74) is 1.61. The maximum Gasteiger partial charge on any atom is 0.224 e. The molecule has 0 atom stereocenters. The fourth-order valence-corrected chi connectivity index (χ4v) is 1.94. The highest BCUT2D eigenvalue weighted by molar-refractivity contribution is 5.78. The van der Waals surface area contributed by atoms with E-state index >= 15 is 0 Å². The van der Waals surface area contributed by atoms with Gasteiger partial charge in [0.2, 0.25) is 5.91 Å². The van der Waals surface area contributed by atoms with Gasteiger partial charge in [-0.15, -0.1) is 0 Å². The van der Waals surface area contributed by atoms with Crippen LogP contribution >= 0.6 is 0 Å². The number of halogens is 1. The van der Waals surface area contributed by atoms with E-state index in [1.165, 1.54) is 12.1 Å². The molecular formula is C17H18FNO3. The van der Waals surface area contributed by atoms with Crippen molar-refractivity contribution in [1.82, 2.24) is 5.32 Å². The molecule has 0 saturated heterocycles. The van der Waals surface area contributed by atoms with Gasteiger partial charge in [0.25, 0.3) is 0 Å². The quantitative estimate of drug-likeness (QED) is 0.823. The number of rotatable bonds is 7. The normalized spacial score (nSPS) is 10.3. The zero-order chi connectivity index (χ0) is 15.8. The zero-order valence-electron chi connectivity index (χ0n) is 12.1. The van der Waals surface area contributed by atoms with Gasteiger partial charge in [-0.2, -0.15) is 0 Å². The second kappa shape index (κ2) is 8.14. The van der Waals surface area contributed by atoms with Crippen LogP contribution in [-0.2, 0) is 17.8 Å². The second-order valence-electron chi connectivity index (χ2n) is 4.81. The highest BCUT2D eigenvalue weighted by atomic mass is 19.1. The molecule has 2 N–H and O–H groups in total. The monoisotopic (exact) mass is 303 g/mol. The molecule has 0 aliphatic rings. The standard InChI is InChI=1S/C17H18FNO3/c18-15-3-1-2-14(10-15)12-22-16-6-4-13(5-7-16)11-17(21)19-8-9-20/h1-7,10,20H,8-9,11-12H2,(H,19,21). The lowest BCUT2D eigenvalue weighted by atomic mass is 10.1. The van der Waals surface area contributed by atoms with E-state index in [1.807, 2.05) is 0 Å². The van der Waals surface area contributed by atoms with Gasteiger partial charge in [-0.05, 0) is 35.4 Å². The summed E-state index contributed by atoms with van der Waals surface area (Å²) in [5, 5.41) is 11.2. The van der Waals surface area contributed by atoms with E-state index in [2.05, 4.69) is 5.32 Å².